The van der Waals surface area contributed by atoms with Gasteiger partial charge in [0.1, 0.15) is 0 Å². The van der Waals surface area contributed by atoms with E-state index in [0.29, 0.717) is 12.2 Å². The number of benzene rings is 1. The van der Waals surface area contributed by atoms with Gasteiger partial charge in [0.05, 0.1) is 0 Å². The standard InChI is InChI=1S/C19H29NO/c1-16-10-9-11-17(2)19(16)18(21)12-5-3-6-13-20-14-7-4-8-15-20/h9-11H,3-8,12-15H2,1-2H3. The number of carbonyl (C=O) groups is 1. The summed E-state index contributed by atoms with van der Waals surface area (Å²) in [5.41, 5.74) is 3.19. The first-order valence-corrected chi connectivity index (χ1v) is 8.50. The number of Topliss-reactive ketones (excluding diaryl/α,β-unsaturated/α-hetero) is 1. The Morgan fingerprint density at radius 1 is 1.00 bits per heavy atom. The zero-order valence-corrected chi connectivity index (χ0v) is 13.7. The number of carbonyl (C=O) groups excluding carboxylic acids is 1. The summed E-state index contributed by atoms with van der Waals surface area (Å²) >= 11 is 0. The molecule has 1 saturated heterocycles. The van der Waals surface area contributed by atoms with Crippen molar-refractivity contribution in [1.29, 1.82) is 0 Å². The predicted molar refractivity (Wildman–Crippen MR) is 89.0 cm³/mol. The zero-order chi connectivity index (χ0) is 15.1. The van der Waals surface area contributed by atoms with Crippen LogP contribution in [0.15, 0.2) is 18.2 Å². The van der Waals surface area contributed by atoms with Crippen molar-refractivity contribution >= 4 is 5.78 Å². The van der Waals surface area contributed by atoms with E-state index >= 15 is 0 Å². The molecule has 0 atom stereocenters. The number of hydrogen-bond donors (Lipinski definition) is 0. The van der Waals surface area contributed by atoms with Crippen LogP contribution in [0.1, 0.15) is 66.4 Å². The van der Waals surface area contributed by atoms with Gasteiger partial charge < -0.3 is 4.90 Å². The molecule has 0 saturated carbocycles. The minimum Gasteiger partial charge on any atom is -0.303 e. The second-order valence-electron chi connectivity index (χ2n) is 6.40. The van der Waals surface area contributed by atoms with Crippen molar-refractivity contribution in [2.45, 2.75) is 58.8 Å². The summed E-state index contributed by atoms with van der Waals surface area (Å²) in [6, 6.07) is 6.10. The Labute approximate surface area is 129 Å². The molecule has 2 rings (SSSR count). The largest absolute Gasteiger partial charge is 0.303 e. The highest BCUT2D eigenvalue weighted by molar-refractivity contribution is 5.98. The Balaban J connectivity index is 1.67. The second kappa shape index (κ2) is 8.33. The second-order valence-corrected chi connectivity index (χ2v) is 6.40. The van der Waals surface area contributed by atoms with Gasteiger partial charge in [-0.1, -0.05) is 31.0 Å². The molecule has 0 aliphatic carbocycles. The number of nitrogens with zero attached hydrogens (tertiary/aromatic N) is 1. The van der Waals surface area contributed by atoms with E-state index in [0.717, 1.165) is 23.1 Å². The van der Waals surface area contributed by atoms with Gasteiger partial charge in [-0.05, 0) is 70.3 Å². The van der Waals surface area contributed by atoms with Crippen LogP contribution in [0.5, 0.6) is 0 Å². The number of unbranched alkanes of at least 4 members (excludes halogenated alkanes) is 2. The van der Waals surface area contributed by atoms with Crippen LogP contribution in [-0.4, -0.2) is 30.3 Å². The van der Waals surface area contributed by atoms with Crippen LogP contribution in [0.25, 0.3) is 0 Å². The molecule has 0 N–H and O–H groups in total. The Bertz CT molecular complexity index is 440. The van der Waals surface area contributed by atoms with Crippen molar-refractivity contribution in [3.8, 4) is 0 Å². The minimum absolute atomic E-state index is 0.323. The van der Waals surface area contributed by atoms with E-state index in [1.54, 1.807) is 0 Å². The Kier molecular flexibility index (Phi) is 6.44. The maximum Gasteiger partial charge on any atom is 0.163 e. The first-order valence-electron chi connectivity index (χ1n) is 8.50. The lowest BCUT2D eigenvalue weighted by molar-refractivity contribution is 0.0977. The number of hydrogen-bond acceptors (Lipinski definition) is 2. The highest BCUT2D eigenvalue weighted by Crippen LogP contribution is 2.17. The number of rotatable bonds is 7. The highest BCUT2D eigenvalue weighted by Gasteiger charge is 2.12. The summed E-state index contributed by atoms with van der Waals surface area (Å²) in [4.78, 5) is 14.9. The molecular weight excluding hydrogens is 258 g/mol. The topological polar surface area (TPSA) is 20.3 Å². The maximum atomic E-state index is 12.3. The third kappa shape index (κ3) is 4.96. The van der Waals surface area contributed by atoms with Crippen molar-refractivity contribution in [1.82, 2.24) is 4.90 Å². The van der Waals surface area contributed by atoms with Crippen LogP contribution < -0.4 is 0 Å². The van der Waals surface area contributed by atoms with Crippen LogP contribution in [0.3, 0.4) is 0 Å². The maximum absolute atomic E-state index is 12.3. The molecule has 21 heavy (non-hydrogen) atoms. The Morgan fingerprint density at radius 3 is 2.33 bits per heavy atom. The van der Waals surface area contributed by atoms with Crippen molar-refractivity contribution in [2.75, 3.05) is 19.6 Å². The number of piperidine rings is 1. The average Bonchev–Trinajstić information content (AvgIpc) is 2.48. The third-order valence-electron chi connectivity index (χ3n) is 4.59. The van der Waals surface area contributed by atoms with Crippen molar-refractivity contribution in [2.24, 2.45) is 0 Å². The van der Waals surface area contributed by atoms with Gasteiger partial charge in [0.2, 0.25) is 0 Å². The van der Waals surface area contributed by atoms with E-state index in [9.17, 15) is 4.79 Å². The summed E-state index contributed by atoms with van der Waals surface area (Å²) < 4.78 is 0. The molecule has 0 aromatic heterocycles. The fourth-order valence-corrected chi connectivity index (χ4v) is 3.36. The molecule has 116 valence electrons. The zero-order valence-electron chi connectivity index (χ0n) is 13.7. The molecule has 2 nitrogen and oxygen atoms in total. The molecule has 0 bridgehead atoms. The van der Waals surface area contributed by atoms with Crippen LogP contribution in [-0.2, 0) is 0 Å². The fraction of sp³-hybridized carbons (Fsp3) is 0.632. The van der Waals surface area contributed by atoms with Gasteiger partial charge in [-0.2, -0.15) is 0 Å². The van der Waals surface area contributed by atoms with Crippen LogP contribution in [0.2, 0.25) is 0 Å². The van der Waals surface area contributed by atoms with Crippen LogP contribution >= 0.6 is 0 Å². The van der Waals surface area contributed by atoms with Gasteiger partial charge in [0, 0.05) is 12.0 Å². The quantitative estimate of drug-likeness (QED) is 0.542. The van der Waals surface area contributed by atoms with E-state index in [1.165, 1.54) is 51.7 Å². The van der Waals surface area contributed by atoms with E-state index < -0.39 is 0 Å². The minimum atomic E-state index is 0.323. The summed E-state index contributed by atoms with van der Waals surface area (Å²) in [5, 5.41) is 0. The van der Waals surface area contributed by atoms with Gasteiger partial charge in [0.15, 0.2) is 5.78 Å². The number of ketones is 1. The average molecular weight is 287 g/mol. The molecule has 0 radical (unpaired) electrons. The lowest BCUT2D eigenvalue weighted by atomic mass is 9.96. The first-order chi connectivity index (χ1) is 10.2. The van der Waals surface area contributed by atoms with Crippen LogP contribution in [0, 0.1) is 13.8 Å². The molecule has 0 amide bonds. The molecule has 2 heteroatoms. The first kappa shape index (κ1) is 16.2. The fourth-order valence-electron chi connectivity index (χ4n) is 3.36. The van der Waals surface area contributed by atoms with E-state index in [-0.39, 0.29) is 0 Å². The molecule has 0 spiro atoms. The Hall–Kier alpha value is -1.15. The normalized spacial score (nSPS) is 16.1. The van der Waals surface area contributed by atoms with E-state index in [4.69, 9.17) is 0 Å². The molecular formula is C19H29NO. The molecule has 1 fully saturated rings. The molecule has 1 aromatic carbocycles. The van der Waals surface area contributed by atoms with Gasteiger partial charge >= 0.3 is 0 Å². The molecule has 1 aromatic rings. The smallest absolute Gasteiger partial charge is 0.163 e. The lowest BCUT2D eigenvalue weighted by Crippen LogP contribution is -2.30. The number of likely N-dealkylation sites (tertiary alicyclic amines) is 1. The molecule has 1 aliphatic rings. The summed E-state index contributed by atoms with van der Waals surface area (Å²) in [6.45, 7) is 7.85. The predicted octanol–water partition coefficient (Wildman–Crippen LogP) is 4.53. The summed E-state index contributed by atoms with van der Waals surface area (Å²) in [5.74, 6) is 0.323. The van der Waals surface area contributed by atoms with Gasteiger partial charge in [-0.3, -0.25) is 4.79 Å². The third-order valence-corrected chi connectivity index (χ3v) is 4.59. The van der Waals surface area contributed by atoms with Crippen LogP contribution in [0.4, 0.5) is 0 Å². The van der Waals surface area contributed by atoms with Crippen molar-refractivity contribution in [3.05, 3.63) is 34.9 Å². The molecule has 1 heterocycles. The summed E-state index contributed by atoms with van der Waals surface area (Å²) in [7, 11) is 0. The Morgan fingerprint density at radius 2 is 1.67 bits per heavy atom. The molecule has 0 unspecified atom stereocenters. The lowest BCUT2D eigenvalue weighted by Gasteiger charge is -2.26. The van der Waals surface area contributed by atoms with Gasteiger partial charge in [-0.15, -0.1) is 0 Å². The molecule has 1 aliphatic heterocycles. The monoisotopic (exact) mass is 287 g/mol. The van der Waals surface area contributed by atoms with Crippen molar-refractivity contribution in [3.63, 3.8) is 0 Å². The van der Waals surface area contributed by atoms with Gasteiger partial charge in [-0.25, -0.2) is 0 Å². The van der Waals surface area contributed by atoms with E-state index in [1.807, 2.05) is 32.0 Å². The van der Waals surface area contributed by atoms with E-state index in [2.05, 4.69) is 4.90 Å². The number of aryl methyl sites for hydroxylation is 2. The van der Waals surface area contributed by atoms with Gasteiger partial charge in [0.25, 0.3) is 0 Å². The SMILES string of the molecule is Cc1cccc(C)c1C(=O)CCCCCN1CCCCC1. The summed E-state index contributed by atoms with van der Waals surface area (Å²) in [6.07, 6.45) is 8.27. The highest BCUT2D eigenvalue weighted by atomic mass is 16.1. The van der Waals surface area contributed by atoms with Crippen molar-refractivity contribution < 1.29 is 4.79 Å².